The maximum absolute atomic E-state index is 12.0. The molecular formula is C12H13NO2S. The number of rotatable bonds is 2. The fourth-order valence-electron chi connectivity index (χ4n) is 1.34. The van der Waals surface area contributed by atoms with E-state index in [1.54, 1.807) is 60.7 Å². The molecule has 0 fully saturated rings. The summed E-state index contributed by atoms with van der Waals surface area (Å²) in [6, 6.07) is 16.9. The van der Waals surface area contributed by atoms with Crippen LogP contribution in [0.4, 0.5) is 0 Å². The lowest BCUT2D eigenvalue weighted by Crippen LogP contribution is -2.00. The van der Waals surface area contributed by atoms with Crippen molar-refractivity contribution in [2.75, 3.05) is 0 Å². The molecule has 0 spiro atoms. The molecule has 4 heteroatoms. The van der Waals surface area contributed by atoms with Crippen LogP contribution in [0.3, 0.4) is 0 Å². The Morgan fingerprint density at radius 3 is 1.25 bits per heavy atom. The molecule has 2 aromatic rings. The maximum Gasteiger partial charge on any atom is 0.206 e. The first kappa shape index (κ1) is 12.4. The van der Waals surface area contributed by atoms with Crippen LogP contribution in [0, 0.1) is 0 Å². The second-order valence-electron chi connectivity index (χ2n) is 3.13. The summed E-state index contributed by atoms with van der Waals surface area (Å²) in [7, 11) is -3.34. The normalized spacial score (nSPS) is 10.5. The zero-order valence-electron chi connectivity index (χ0n) is 8.71. The molecule has 0 aliphatic rings. The molecule has 3 nitrogen and oxygen atoms in total. The summed E-state index contributed by atoms with van der Waals surface area (Å²) in [6.45, 7) is 0. The summed E-state index contributed by atoms with van der Waals surface area (Å²) < 4.78 is 24.1. The van der Waals surface area contributed by atoms with Crippen molar-refractivity contribution in [3.63, 3.8) is 0 Å². The molecular weight excluding hydrogens is 222 g/mol. The molecule has 0 atom stereocenters. The van der Waals surface area contributed by atoms with Gasteiger partial charge >= 0.3 is 0 Å². The number of sulfone groups is 1. The van der Waals surface area contributed by atoms with Gasteiger partial charge in [-0.25, -0.2) is 8.42 Å². The molecule has 0 saturated heterocycles. The van der Waals surface area contributed by atoms with Gasteiger partial charge in [-0.05, 0) is 24.3 Å². The van der Waals surface area contributed by atoms with E-state index >= 15 is 0 Å². The third-order valence-electron chi connectivity index (χ3n) is 2.11. The smallest absolute Gasteiger partial charge is 0.206 e. The van der Waals surface area contributed by atoms with Crippen LogP contribution < -0.4 is 6.15 Å². The highest BCUT2D eigenvalue weighted by molar-refractivity contribution is 7.91. The lowest BCUT2D eigenvalue weighted by Gasteiger charge is -2.03. The van der Waals surface area contributed by atoms with E-state index in [1.165, 1.54) is 0 Å². The van der Waals surface area contributed by atoms with Crippen molar-refractivity contribution in [1.29, 1.82) is 0 Å². The van der Waals surface area contributed by atoms with Gasteiger partial charge in [-0.2, -0.15) is 0 Å². The fourth-order valence-corrected chi connectivity index (χ4v) is 2.64. The fraction of sp³-hybridized carbons (Fsp3) is 0. The zero-order chi connectivity index (χ0) is 10.7. The van der Waals surface area contributed by atoms with Gasteiger partial charge in [0.05, 0.1) is 9.79 Å². The maximum atomic E-state index is 12.0. The second kappa shape index (κ2) is 4.92. The first-order chi connectivity index (χ1) is 7.21. The van der Waals surface area contributed by atoms with E-state index < -0.39 is 9.84 Å². The Balaban J connectivity index is 0.00000128. The highest BCUT2D eigenvalue weighted by atomic mass is 32.2. The van der Waals surface area contributed by atoms with Crippen LogP contribution in [0.5, 0.6) is 0 Å². The largest absolute Gasteiger partial charge is 0.344 e. The minimum atomic E-state index is -3.34. The van der Waals surface area contributed by atoms with E-state index in [9.17, 15) is 8.42 Å². The van der Waals surface area contributed by atoms with E-state index in [1.807, 2.05) is 0 Å². The molecule has 0 radical (unpaired) electrons. The molecule has 3 N–H and O–H groups in total. The average molecular weight is 235 g/mol. The minimum Gasteiger partial charge on any atom is -0.344 e. The van der Waals surface area contributed by atoms with Gasteiger partial charge in [0, 0.05) is 0 Å². The van der Waals surface area contributed by atoms with Crippen molar-refractivity contribution >= 4 is 9.84 Å². The summed E-state index contributed by atoms with van der Waals surface area (Å²) in [5, 5.41) is 0. The molecule has 0 aliphatic carbocycles. The van der Waals surface area contributed by atoms with Crippen LogP contribution in [0.2, 0.25) is 0 Å². The Bertz CT molecular complexity index is 490. The van der Waals surface area contributed by atoms with Gasteiger partial charge in [0.1, 0.15) is 0 Å². The third kappa shape index (κ3) is 2.29. The molecule has 0 unspecified atom stereocenters. The van der Waals surface area contributed by atoms with Gasteiger partial charge in [0.15, 0.2) is 0 Å². The molecule has 0 heterocycles. The van der Waals surface area contributed by atoms with Crippen LogP contribution >= 0.6 is 0 Å². The standard InChI is InChI=1S/C12H10O2S.H3N/c13-15(14,11-7-3-1-4-8-11)12-9-5-2-6-10-12;/h1-10H;1H3. The predicted molar refractivity (Wildman–Crippen MR) is 63.4 cm³/mol. The Hall–Kier alpha value is -1.65. The van der Waals surface area contributed by atoms with Crippen molar-refractivity contribution in [2.45, 2.75) is 9.79 Å². The van der Waals surface area contributed by atoms with Crippen molar-refractivity contribution in [3.8, 4) is 0 Å². The van der Waals surface area contributed by atoms with E-state index in [0.717, 1.165) is 0 Å². The Labute approximate surface area is 95.2 Å². The van der Waals surface area contributed by atoms with Crippen LogP contribution in [-0.4, -0.2) is 8.42 Å². The summed E-state index contributed by atoms with van der Waals surface area (Å²) in [5.74, 6) is 0. The quantitative estimate of drug-likeness (QED) is 0.870. The van der Waals surface area contributed by atoms with Gasteiger partial charge in [0.2, 0.25) is 9.84 Å². The highest BCUT2D eigenvalue weighted by Gasteiger charge is 2.15. The summed E-state index contributed by atoms with van der Waals surface area (Å²) in [4.78, 5) is 0.660. The van der Waals surface area contributed by atoms with E-state index in [0.29, 0.717) is 9.79 Å². The summed E-state index contributed by atoms with van der Waals surface area (Å²) in [5.41, 5.74) is 0. The SMILES string of the molecule is N.O=S(=O)(c1ccccc1)c1ccccc1. The molecule has 0 saturated carbocycles. The Morgan fingerprint density at radius 2 is 0.938 bits per heavy atom. The third-order valence-corrected chi connectivity index (χ3v) is 3.89. The first-order valence-corrected chi connectivity index (χ1v) is 6.05. The Kier molecular flexibility index (Phi) is 3.82. The lowest BCUT2D eigenvalue weighted by atomic mass is 10.4. The van der Waals surface area contributed by atoms with E-state index in [-0.39, 0.29) is 6.15 Å². The zero-order valence-corrected chi connectivity index (χ0v) is 9.52. The molecule has 16 heavy (non-hydrogen) atoms. The van der Waals surface area contributed by atoms with Crippen molar-refractivity contribution < 1.29 is 8.42 Å². The molecule has 2 aromatic carbocycles. The lowest BCUT2D eigenvalue weighted by molar-refractivity contribution is 0.596. The molecule has 84 valence electrons. The molecule has 0 aromatic heterocycles. The minimum absolute atomic E-state index is 0. The molecule has 0 aliphatic heterocycles. The van der Waals surface area contributed by atoms with E-state index in [4.69, 9.17) is 0 Å². The number of benzene rings is 2. The van der Waals surface area contributed by atoms with Gasteiger partial charge in [-0.1, -0.05) is 36.4 Å². The van der Waals surface area contributed by atoms with E-state index in [2.05, 4.69) is 0 Å². The van der Waals surface area contributed by atoms with Gasteiger partial charge in [0.25, 0.3) is 0 Å². The van der Waals surface area contributed by atoms with Crippen LogP contribution in [0.15, 0.2) is 70.5 Å². The van der Waals surface area contributed by atoms with Gasteiger partial charge in [-0.15, -0.1) is 0 Å². The highest BCUT2D eigenvalue weighted by Crippen LogP contribution is 2.19. The van der Waals surface area contributed by atoms with Crippen LogP contribution in [-0.2, 0) is 9.84 Å². The van der Waals surface area contributed by atoms with Crippen LogP contribution in [0.25, 0.3) is 0 Å². The second-order valence-corrected chi connectivity index (χ2v) is 5.08. The predicted octanol–water partition coefficient (Wildman–Crippen LogP) is 2.68. The number of hydrogen-bond donors (Lipinski definition) is 1. The first-order valence-electron chi connectivity index (χ1n) is 4.56. The summed E-state index contributed by atoms with van der Waals surface area (Å²) >= 11 is 0. The van der Waals surface area contributed by atoms with Crippen molar-refractivity contribution in [2.24, 2.45) is 0 Å². The monoisotopic (exact) mass is 235 g/mol. The molecule has 2 rings (SSSR count). The topological polar surface area (TPSA) is 69.1 Å². The number of hydrogen-bond acceptors (Lipinski definition) is 3. The Morgan fingerprint density at radius 1 is 0.625 bits per heavy atom. The summed E-state index contributed by atoms with van der Waals surface area (Å²) in [6.07, 6.45) is 0. The average Bonchev–Trinajstić information content (AvgIpc) is 2.31. The van der Waals surface area contributed by atoms with Crippen molar-refractivity contribution in [3.05, 3.63) is 60.7 Å². The molecule has 0 amide bonds. The van der Waals surface area contributed by atoms with Gasteiger partial charge in [-0.3, -0.25) is 0 Å². The van der Waals surface area contributed by atoms with Gasteiger partial charge < -0.3 is 6.15 Å². The van der Waals surface area contributed by atoms with Crippen molar-refractivity contribution in [1.82, 2.24) is 6.15 Å². The molecule has 0 bridgehead atoms. The van der Waals surface area contributed by atoms with Crippen LogP contribution in [0.1, 0.15) is 0 Å².